The normalized spacial score (nSPS) is 12.6. The summed E-state index contributed by atoms with van der Waals surface area (Å²) >= 11 is 0. The molecule has 2 aromatic rings. The van der Waals surface area contributed by atoms with Crippen molar-refractivity contribution in [2.75, 3.05) is 13.7 Å². The van der Waals surface area contributed by atoms with Crippen LogP contribution in [0.1, 0.15) is 11.4 Å². The zero-order valence-corrected chi connectivity index (χ0v) is 11.1. The van der Waals surface area contributed by atoms with Gasteiger partial charge in [-0.3, -0.25) is 4.79 Å². The Bertz CT molecular complexity index is 579. The third kappa shape index (κ3) is 3.10. The van der Waals surface area contributed by atoms with Crippen molar-refractivity contribution in [3.63, 3.8) is 0 Å². The van der Waals surface area contributed by atoms with Gasteiger partial charge in [0.25, 0.3) is 0 Å². The lowest BCUT2D eigenvalue weighted by atomic mass is 10.3. The number of rotatable bonds is 5. The molecule has 1 amide bonds. The number of fused-ring (bicyclic) bond motifs is 1. The second-order valence-corrected chi connectivity index (χ2v) is 4.41. The van der Waals surface area contributed by atoms with Crippen molar-refractivity contribution in [3.8, 4) is 0 Å². The van der Waals surface area contributed by atoms with Crippen molar-refractivity contribution < 1.29 is 9.53 Å². The molecule has 0 fully saturated rings. The van der Waals surface area contributed by atoms with Crippen molar-refractivity contribution in [2.24, 2.45) is 5.73 Å². The van der Waals surface area contributed by atoms with E-state index in [1.54, 1.807) is 0 Å². The molecule has 19 heavy (non-hydrogen) atoms. The molecule has 1 unspecified atom stereocenters. The number of imidazole rings is 1. The molecule has 2 heterocycles. The molecule has 2 aromatic heterocycles. The lowest BCUT2D eigenvalue weighted by Crippen LogP contribution is -2.43. The molecule has 0 aromatic carbocycles. The smallest absolute Gasteiger partial charge is 0.239 e. The minimum absolute atomic E-state index is 0.204. The number of nitrogens with two attached hydrogens (primary N) is 1. The molecule has 0 saturated carbocycles. The lowest BCUT2D eigenvalue weighted by molar-refractivity contribution is -0.123. The van der Waals surface area contributed by atoms with Crippen LogP contribution >= 0.6 is 0 Å². The SMILES string of the molecule is COCC(N)C(=O)NCc1cn2c(C)cccc2n1. The van der Waals surface area contributed by atoms with Gasteiger partial charge in [0.2, 0.25) is 5.91 Å². The molecular weight excluding hydrogens is 244 g/mol. The van der Waals surface area contributed by atoms with Crippen molar-refractivity contribution in [1.82, 2.24) is 14.7 Å². The lowest BCUT2D eigenvalue weighted by Gasteiger charge is -2.09. The van der Waals surface area contributed by atoms with Crippen molar-refractivity contribution in [1.29, 1.82) is 0 Å². The molecule has 0 aliphatic carbocycles. The number of pyridine rings is 1. The molecule has 1 atom stereocenters. The summed E-state index contributed by atoms with van der Waals surface area (Å²) in [5.74, 6) is -0.240. The maximum Gasteiger partial charge on any atom is 0.239 e. The van der Waals surface area contributed by atoms with Crippen LogP contribution in [-0.2, 0) is 16.1 Å². The molecule has 0 aliphatic heterocycles. The van der Waals surface area contributed by atoms with Crippen LogP contribution in [-0.4, -0.2) is 35.1 Å². The highest BCUT2D eigenvalue weighted by Gasteiger charge is 2.13. The minimum Gasteiger partial charge on any atom is -0.383 e. The van der Waals surface area contributed by atoms with Crippen LogP contribution < -0.4 is 11.1 Å². The van der Waals surface area contributed by atoms with Gasteiger partial charge in [0.1, 0.15) is 11.7 Å². The second-order valence-electron chi connectivity index (χ2n) is 4.41. The van der Waals surface area contributed by atoms with E-state index >= 15 is 0 Å². The standard InChI is InChI=1S/C13H18N4O2/c1-9-4-3-5-12-16-10(7-17(9)12)6-15-13(18)11(14)8-19-2/h3-5,7,11H,6,8,14H2,1-2H3,(H,15,18). The van der Waals surface area contributed by atoms with Crippen LogP contribution in [0.5, 0.6) is 0 Å². The number of methoxy groups -OCH3 is 1. The summed E-state index contributed by atoms with van der Waals surface area (Å²) in [5.41, 5.74) is 8.39. The van der Waals surface area contributed by atoms with Gasteiger partial charge in [0.15, 0.2) is 0 Å². The Labute approximate surface area is 111 Å². The highest BCUT2D eigenvalue weighted by Crippen LogP contribution is 2.08. The van der Waals surface area contributed by atoms with Crippen LogP contribution in [0.3, 0.4) is 0 Å². The number of aromatic nitrogens is 2. The van der Waals surface area contributed by atoms with Crippen LogP contribution in [0.15, 0.2) is 24.4 Å². The zero-order chi connectivity index (χ0) is 13.8. The van der Waals surface area contributed by atoms with Crippen LogP contribution in [0, 0.1) is 6.92 Å². The van der Waals surface area contributed by atoms with Gasteiger partial charge >= 0.3 is 0 Å². The molecule has 6 heteroatoms. The number of nitrogens with one attached hydrogen (secondary N) is 1. The fraction of sp³-hybridized carbons (Fsp3) is 0.385. The van der Waals surface area contributed by atoms with Crippen LogP contribution in [0.25, 0.3) is 5.65 Å². The number of amides is 1. The number of aryl methyl sites for hydroxylation is 1. The maximum atomic E-state index is 11.6. The van der Waals surface area contributed by atoms with E-state index in [4.69, 9.17) is 10.5 Å². The molecule has 0 aliphatic rings. The first-order valence-electron chi connectivity index (χ1n) is 6.07. The Hall–Kier alpha value is -1.92. The van der Waals surface area contributed by atoms with E-state index in [0.717, 1.165) is 17.0 Å². The Morgan fingerprint density at radius 3 is 3.05 bits per heavy atom. The zero-order valence-electron chi connectivity index (χ0n) is 11.1. The van der Waals surface area contributed by atoms with E-state index in [2.05, 4.69) is 10.3 Å². The summed E-state index contributed by atoms with van der Waals surface area (Å²) in [6.45, 7) is 2.57. The Balaban J connectivity index is 2.02. The highest BCUT2D eigenvalue weighted by atomic mass is 16.5. The van der Waals surface area contributed by atoms with Gasteiger partial charge < -0.3 is 20.2 Å². The molecule has 0 saturated heterocycles. The maximum absolute atomic E-state index is 11.6. The third-order valence-electron chi connectivity index (χ3n) is 2.87. The summed E-state index contributed by atoms with van der Waals surface area (Å²) in [7, 11) is 1.51. The fourth-order valence-electron chi connectivity index (χ4n) is 1.85. The third-order valence-corrected chi connectivity index (χ3v) is 2.87. The summed E-state index contributed by atoms with van der Waals surface area (Å²) in [6.07, 6.45) is 1.91. The molecule has 102 valence electrons. The van der Waals surface area contributed by atoms with Gasteiger partial charge in [-0.2, -0.15) is 0 Å². The van der Waals surface area contributed by atoms with E-state index in [0.29, 0.717) is 6.54 Å². The van der Waals surface area contributed by atoms with Crippen molar-refractivity contribution >= 4 is 11.6 Å². The Morgan fingerprint density at radius 1 is 1.58 bits per heavy atom. The number of carbonyl (C=O) groups is 1. The van der Waals surface area contributed by atoms with Gasteiger partial charge in [0.05, 0.1) is 18.8 Å². The van der Waals surface area contributed by atoms with Crippen LogP contribution in [0.4, 0.5) is 0 Å². The van der Waals surface area contributed by atoms with Gasteiger partial charge in [-0.15, -0.1) is 0 Å². The van der Waals surface area contributed by atoms with Gasteiger partial charge in [0, 0.05) is 19.0 Å². The number of hydrogen-bond donors (Lipinski definition) is 2. The first-order valence-corrected chi connectivity index (χ1v) is 6.07. The molecule has 6 nitrogen and oxygen atoms in total. The second kappa shape index (κ2) is 5.81. The highest BCUT2D eigenvalue weighted by molar-refractivity contribution is 5.81. The molecule has 0 spiro atoms. The van der Waals surface area contributed by atoms with Gasteiger partial charge in [-0.1, -0.05) is 6.07 Å². The fourth-order valence-corrected chi connectivity index (χ4v) is 1.85. The number of ether oxygens (including phenoxy) is 1. The van der Waals surface area contributed by atoms with Crippen molar-refractivity contribution in [2.45, 2.75) is 19.5 Å². The monoisotopic (exact) mass is 262 g/mol. The molecule has 3 N–H and O–H groups in total. The summed E-state index contributed by atoms with van der Waals surface area (Å²) in [5, 5.41) is 2.74. The van der Waals surface area contributed by atoms with E-state index in [1.807, 2.05) is 35.7 Å². The van der Waals surface area contributed by atoms with E-state index < -0.39 is 6.04 Å². The van der Waals surface area contributed by atoms with E-state index in [1.165, 1.54) is 7.11 Å². The minimum atomic E-state index is -0.649. The van der Waals surface area contributed by atoms with Crippen LogP contribution in [0.2, 0.25) is 0 Å². The van der Waals surface area contributed by atoms with Gasteiger partial charge in [-0.25, -0.2) is 4.98 Å². The summed E-state index contributed by atoms with van der Waals surface area (Å²) < 4.78 is 6.82. The molecule has 0 bridgehead atoms. The topological polar surface area (TPSA) is 81.6 Å². The Morgan fingerprint density at radius 2 is 2.37 bits per heavy atom. The number of nitrogens with zero attached hydrogens (tertiary/aromatic N) is 2. The first kappa shape index (κ1) is 13.5. The Kier molecular flexibility index (Phi) is 4.13. The number of carbonyl (C=O) groups excluding carboxylic acids is 1. The first-order chi connectivity index (χ1) is 9.11. The summed E-state index contributed by atoms with van der Waals surface area (Å²) in [6, 6.07) is 5.23. The quantitative estimate of drug-likeness (QED) is 0.808. The average molecular weight is 262 g/mol. The molecule has 2 rings (SSSR count). The number of hydrogen-bond acceptors (Lipinski definition) is 4. The largest absolute Gasteiger partial charge is 0.383 e. The molecule has 0 radical (unpaired) electrons. The molecular formula is C13H18N4O2. The predicted octanol–water partition coefficient (Wildman–Crippen LogP) is 0.233. The summed E-state index contributed by atoms with van der Waals surface area (Å²) in [4.78, 5) is 16.1. The van der Waals surface area contributed by atoms with E-state index in [-0.39, 0.29) is 12.5 Å². The van der Waals surface area contributed by atoms with Gasteiger partial charge in [-0.05, 0) is 19.1 Å². The predicted molar refractivity (Wildman–Crippen MR) is 71.6 cm³/mol. The van der Waals surface area contributed by atoms with Crippen molar-refractivity contribution in [3.05, 3.63) is 35.8 Å². The van der Waals surface area contributed by atoms with E-state index in [9.17, 15) is 4.79 Å². The average Bonchev–Trinajstić information content (AvgIpc) is 2.80.